The number of hydrogen-bond acceptors (Lipinski definition) is 5. The molecule has 1 aromatic heterocycles. The molecule has 2 aromatic rings. The molecule has 8 heteroatoms. The van der Waals surface area contributed by atoms with Crippen molar-refractivity contribution < 1.29 is 14.1 Å². The van der Waals surface area contributed by atoms with Crippen molar-refractivity contribution in [1.82, 2.24) is 10.3 Å². The van der Waals surface area contributed by atoms with Gasteiger partial charge in [0.05, 0.1) is 22.1 Å². The third-order valence-corrected chi connectivity index (χ3v) is 2.95. The molecule has 2 N–H and O–H groups in total. The summed E-state index contributed by atoms with van der Waals surface area (Å²) in [6.07, 6.45) is 1.58. The molecule has 0 aliphatic rings. The van der Waals surface area contributed by atoms with E-state index in [2.05, 4.69) is 15.6 Å². The number of halogens is 1. The zero-order valence-corrected chi connectivity index (χ0v) is 11.2. The number of pyridine rings is 1. The number of nitro benzene ring substituents is 1. The van der Waals surface area contributed by atoms with Crippen molar-refractivity contribution in [1.29, 1.82) is 0 Å². The highest BCUT2D eigenvalue weighted by Gasteiger charge is 2.19. The molecule has 2 rings (SSSR count). The van der Waals surface area contributed by atoms with Crippen LogP contribution in [-0.2, 0) is 4.79 Å². The molecule has 1 amide bonds. The number of non-ortho nitro benzene ring substituents is 1. The SMILES string of the molecule is CNC(=O)CCNc1c(F)cc([N+](=O)[O-])c2cccnc12. The first-order valence-corrected chi connectivity index (χ1v) is 6.20. The largest absolute Gasteiger partial charge is 0.380 e. The van der Waals surface area contributed by atoms with E-state index >= 15 is 0 Å². The molecule has 0 aliphatic carbocycles. The third kappa shape index (κ3) is 3.04. The van der Waals surface area contributed by atoms with Crippen LogP contribution in [0.25, 0.3) is 10.9 Å². The lowest BCUT2D eigenvalue weighted by atomic mass is 10.1. The summed E-state index contributed by atoms with van der Waals surface area (Å²) in [5, 5.41) is 16.4. The van der Waals surface area contributed by atoms with Crippen LogP contribution in [0, 0.1) is 15.9 Å². The van der Waals surface area contributed by atoms with E-state index in [0.717, 1.165) is 6.07 Å². The van der Waals surface area contributed by atoms with E-state index in [0.29, 0.717) is 0 Å². The van der Waals surface area contributed by atoms with Crippen LogP contribution in [0.5, 0.6) is 0 Å². The minimum atomic E-state index is -0.773. The second kappa shape index (κ2) is 6.12. The highest BCUT2D eigenvalue weighted by molar-refractivity contribution is 5.97. The summed E-state index contributed by atoms with van der Waals surface area (Å²) in [6, 6.07) is 3.90. The van der Waals surface area contributed by atoms with Crippen LogP contribution in [0.15, 0.2) is 24.4 Å². The number of nitro groups is 1. The smallest absolute Gasteiger partial charge is 0.281 e. The summed E-state index contributed by atoms with van der Waals surface area (Å²) in [5.74, 6) is -0.966. The molecule has 0 atom stereocenters. The number of nitrogens with one attached hydrogen (secondary N) is 2. The first kappa shape index (κ1) is 14.6. The molecular weight excluding hydrogens is 279 g/mol. The Morgan fingerprint density at radius 3 is 2.95 bits per heavy atom. The Morgan fingerprint density at radius 1 is 1.52 bits per heavy atom. The van der Waals surface area contributed by atoms with Crippen molar-refractivity contribution in [3.63, 3.8) is 0 Å². The Hall–Kier alpha value is -2.77. The number of aromatic nitrogens is 1. The van der Waals surface area contributed by atoms with Gasteiger partial charge >= 0.3 is 0 Å². The van der Waals surface area contributed by atoms with Crippen LogP contribution in [0.2, 0.25) is 0 Å². The number of amides is 1. The monoisotopic (exact) mass is 292 g/mol. The van der Waals surface area contributed by atoms with Gasteiger partial charge in [-0.3, -0.25) is 19.9 Å². The summed E-state index contributed by atoms with van der Waals surface area (Å²) >= 11 is 0. The second-order valence-electron chi connectivity index (χ2n) is 4.26. The highest BCUT2D eigenvalue weighted by Crippen LogP contribution is 2.32. The summed E-state index contributed by atoms with van der Waals surface area (Å²) in [6.45, 7) is 0.195. The van der Waals surface area contributed by atoms with E-state index in [1.54, 1.807) is 6.07 Å². The third-order valence-electron chi connectivity index (χ3n) is 2.95. The van der Waals surface area contributed by atoms with Crippen LogP contribution < -0.4 is 10.6 Å². The predicted octanol–water partition coefficient (Wildman–Crippen LogP) is 1.83. The zero-order chi connectivity index (χ0) is 15.4. The molecule has 7 nitrogen and oxygen atoms in total. The van der Waals surface area contributed by atoms with Gasteiger partial charge in [0, 0.05) is 26.2 Å². The summed E-state index contributed by atoms with van der Waals surface area (Å²) in [4.78, 5) is 25.4. The van der Waals surface area contributed by atoms with Crippen LogP contribution >= 0.6 is 0 Å². The minimum absolute atomic E-state index is 0.0557. The fourth-order valence-electron chi connectivity index (χ4n) is 1.94. The molecular formula is C13H13FN4O3. The van der Waals surface area contributed by atoms with Gasteiger partial charge in [-0.2, -0.15) is 0 Å². The lowest BCUT2D eigenvalue weighted by molar-refractivity contribution is -0.383. The maximum Gasteiger partial charge on any atom is 0.281 e. The number of fused-ring (bicyclic) bond motifs is 1. The second-order valence-corrected chi connectivity index (χ2v) is 4.26. The molecule has 110 valence electrons. The topological polar surface area (TPSA) is 97.2 Å². The molecule has 0 radical (unpaired) electrons. The van der Waals surface area contributed by atoms with Gasteiger partial charge in [0.1, 0.15) is 5.52 Å². The molecule has 0 saturated carbocycles. The predicted molar refractivity (Wildman–Crippen MR) is 75.5 cm³/mol. The molecule has 1 heterocycles. The van der Waals surface area contributed by atoms with Crippen molar-refractivity contribution >= 4 is 28.2 Å². The first-order chi connectivity index (χ1) is 10.0. The van der Waals surface area contributed by atoms with Gasteiger partial charge in [-0.05, 0) is 12.1 Å². The van der Waals surface area contributed by atoms with Crippen molar-refractivity contribution in [3.05, 3.63) is 40.3 Å². The van der Waals surface area contributed by atoms with Gasteiger partial charge in [0.15, 0.2) is 5.82 Å². The minimum Gasteiger partial charge on any atom is -0.380 e. The average molecular weight is 292 g/mol. The number of nitrogens with zero attached hydrogens (tertiary/aromatic N) is 2. The summed E-state index contributed by atoms with van der Waals surface area (Å²) in [7, 11) is 1.51. The number of anilines is 1. The normalized spacial score (nSPS) is 10.4. The Labute approximate surface area is 119 Å². The van der Waals surface area contributed by atoms with Crippen molar-refractivity contribution in [3.8, 4) is 0 Å². The van der Waals surface area contributed by atoms with Gasteiger partial charge in [0.25, 0.3) is 5.69 Å². The van der Waals surface area contributed by atoms with E-state index in [9.17, 15) is 19.3 Å². The lowest BCUT2D eigenvalue weighted by Gasteiger charge is -2.10. The van der Waals surface area contributed by atoms with E-state index < -0.39 is 10.7 Å². The molecule has 0 bridgehead atoms. The fraction of sp³-hybridized carbons (Fsp3) is 0.231. The molecule has 0 spiro atoms. The van der Waals surface area contributed by atoms with E-state index in [1.165, 1.54) is 19.3 Å². The van der Waals surface area contributed by atoms with Crippen molar-refractivity contribution in [2.45, 2.75) is 6.42 Å². The number of carbonyl (C=O) groups is 1. The average Bonchev–Trinajstić information content (AvgIpc) is 2.48. The van der Waals surface area contributed by atoms with Crippen molar-refractivity contribution in [2.24, 2.45) is 0 Å². The lowest BCUT2D eigenvalue weighted by Crippen LogP contribution is -2.21. The van der Waals surface area contributed by atoms with E-state index in [1.807, 2.05) is 0 Å². The Morgan fingerprint density at radius 2 is 2.29 bits per heavy atom. The molecule has 0 saturated heterocycles. The standard InChI is InChI=1S/C13H13FN4O3/c1-15-11(19)4-6-17-13-9(14)7-10(18(20)21)8-3-2-5-16-12(8)13/h2-3,5,7,17H,4,6H2,1H3,(H,15,19). The van der Waals surface area contributed by atoms with E-state index in [-0.39, 0.29) is 41.2 Å². The quantitative estimate of drug-likeness (QED) is 0.647. The van der Waals surface area contributed by atoms with Gasteiger partial charge in [-0.25, -0.2) is 4.39 Å². The fourth-order valence-corrected chi connectivity index (χ4v) is 1.94. The van der Waals surface area contributed by atoms with Crippen LogP contribution in [0.4, 0.5) is 15.8 Å². The summed E-state index contributed by atoms with van der Waals surface area (Å²) in [5.41, 5.74) is -0.117. The Kier molecular flexibility index (Phi) is 4.27. The van der Waals surface area contributed by atoms with Gasteiger partial charge in [-0.15, -0.1) is 0 Å². The molecule has 0 fully saturated rings. The van der Waals surface area contributed by atoms with E-state index in [4.69, 9.17) is 0 Å². The van der Waals surface area contributed by atoms with Gasteiger partial charge in [0.2, 0.25) is 5.91 Å². The summed E-state index contributed by atoms with van der Waals surface area (Å²) < 4.78 is 14.0. The Balaban J connectivity index is 2.40. The molecule has 1 aromatic carbocycles. The Bertz CT molecular complexity index is 705. The van der Waals surface area contributed by atoms with Crippen LogP contribution in [0.1, 0.15) is 6.42 Å². The molecule has 0 unspecified atom stereocenters. The molecule has 21 heavy (non-hydrogen) atoms. The maximum absolute atomic E-state index is 14.0. The zero-order valence-electron chi connectivity index (χ0n) is 11.2. The highest BCUT2D eigenvalue weighted by atomic mass is 19.1. The van der Waals surface area contributed by atoms with Crippen LogP contribution in [0.3, 0.4) is 0 Å². The first-order valence-electron chi connectivity index (χ1n) is 6.20. The number of benzene rings is 1. The van der Waals surface area contributed by atoms with Crippen LogP contribution in [-0.4, -0.2) is 29.4 Å². The van der Waals surface area contributed by atoms with Crippen molar-refractivity contribution in [2.75, 3.05) is 18.9 Å². The number of carbonyl (C=O) groups excluding carboxylic acids is 1. The molecule has 0 aliphatic heterocycles. The van der Waals surface area contributed by atoms with Gasteiger partial charge in [-0.1, -0.05) is 0 Å². The number of hydrogen-bond donors (Lipinski definition) is 2. The van der Waals surface area contributed by atoms with Gasteiger partial charge < -0.3 is 10.6 Å². The number of rotatable bonds is 5. The maximum atomic E-state index is 14.0.